The van der Waals surface area contributed by atoms with Gasteiger partial charge in [-0.05, 0) is 125 Å². The van der Waals surface area contributed by atoms with Crippen molar-refractivity contribution in [2.24, 2.45) is 29.6 Å². The molecule has 0 saturated heterocycles. The monoisotopic (exact) mass is 662 g/mol. The van der Waals surface area contributed by atoms with Crippen molar-refractivity contribution in [3.8, 4) is 0 Å². The molecule has 8 rings (SSSR count). The van der Waals surface area contributed by atoms with Crippen LogP contribution in [0.1, 0.15) is 142 Å². The highest BCUT2D eigenvalue weighted by atomic mass is 32.1. The van der Waals surface area contributed by atoms with Gasteiger partial charge < -0.3 is 10.6 Å². The van der Waals surface area contributed by atoms with E-state index >= 15 is 0 Å². The molecule has 2 aromatic rings. The first kappa shape index (κ1) is 32.2. The summed E-state index contributed by atoms with van der Waals surface area (Å²) in [5.41, 5.74) is 4.23. The highest BCUT2D eigenvalue weighted by Gasteiger charge is 2.35. The van der Waals surface area contributed by atoms with E-state index in [9.17, 15) is 19.2 Å². The molecule has 4 fully saturated rings. The number of hydrogen-bond donors (Lipinski definition) is 2. The SMILES string of the molecule is CC1CCCc2c1sc(CC(=O)C1CC1)c2C(=O)NCC1CC1.CC1CCc2sc(CC(=O)C3CC3)c(C(=O)NCC3CC3)c2C1. The zero-order chi connectivity index (χ0) is 31.9. The third-order valence-electron chi connectivity index (χ3n) is 10.9. The first-order valence-corrected chi connectivity index (χ1v) is 19.8. The van der Waals surface area contributed by atoms with Crippen molar-refractivity contribution in [1.82, 2.24) is 10.6 Å². The lowest BCUT2D eigenvalue weighted by atomic mass is 9.87. The summed E-state index contributed by atoms with van der Waals surface area (Å²) in [4.78, 5) is 54.9. The molecular weight excluding hydrogens is 613 g/mol. The second-order valence-corrected chi connectivity index (χ2v) is 17.7. The van der Waals surface area contributed by atoms with Gasteiger partial charge >= 0.3 is 0 Å². The number of thiophene rings is 2. The number of aryl methyl sites for hydroxylation is 1. The molecule has 2 aromatic heterocycles. The molecule has 0 aromatic carbocycles. The van der Waals surface area contributed by atoms with Crippen LogP contribution in [0, 0.1) is 29.6 Å². The average molecular weight is 663 g/mol. The molecule has 2 atom stereocenters. The number of ketones is 2. The Balaban J connectivity index is 0.000000147. The smallest absolute Gasteiger partial charge is 0.252 e. The number of carbonyl (C=O) groups is 4. The van der Waals surface area contributed by atoms with Crippen LogP contribution in [0.3, 0.4) is 0 Å². The molecule has 4 saturated carbocycles. The van der Waals surface area contributed by atoms with Crippen LogP contribution in [0.5, 0.6) is 0 Å². The van der Waals surface area contributed by atoms with Crippen LogP contribution < -0.4 is 10.6 Å². The van der Waals surface area contributed by atoms with Crippen molar-refractivity contribution in [2.75, 3.05) is 13.1 Å². The molecule has 0 aliphatic heterocycles. The highest BCUT2D eigenvalue weighted by molar-refractivity contribution is 7.13. The lowest BCUT2D eigenvalue weighted by Gasteiger charge is -2.19. The summed E-state index contributed by atoms with van der Waals surface area (Å²) in [5, 5.41) is 6.25. The fraction of sp³-hybridized carbons (Fsp3) is 0.684. The molecule has 6 aliphatic carbocycles. The molecule has 46 heavy (non-hydrogen) atoms. The van der Waals surface area contributed by atoms with Gasteiger partial charge in [-0.1, -0.05) is 13.8 Å². The van der Waals surface area contributed by atoms with Gasteiger partial charge in [-0.3, -0.25) is 19.2 Å². The van der Waals surface area contributed by atoms with E-state index in [0.29, 0.717) is 48.1 Å². The Morgan fingerprint density at radius 3 is 1.74 bits per heavy atom. The van der Waals surface area contributed by atoms with Crippen LogP contribution in [-0.2, 0) is 41.7 Å². The van der Waals surface area contributed by atoms with Gasteiger partial charge in [0.15, 0.2) is 0 Å². The summed E-state index contributed by atoms with van der Waals surface area (Å²) in [6.07, 6.45) is 16.7. The summed E-state index contributed by atoms with van der Waals surface area (Å²) >= 11 is 3.47. The summed E-state index contributed by atoms with van der Waals surface area (Å²) in [6, 6.07) is 0. The summed E-state index contributed by atoms with van der Waals surface area (Å²) in [7, 11) is 0. The van der Waals surface area contributed by atoms with E-state index in [0.717, 1.165) is 85.3 Å². The zero-order valence-corrected chi connectivity index (χ0v) is 29.3. The first-order chi connectivity index (χ1) is 22.2. The Labute approximate surface area is 281 Å². The van der Waals surface area contributed by atoms with Crippen LogP contribution >= 0.6 is 22.7 Å². The second kappa shape index (κ2) is 13.7. The standard InChI is InChI=1S/2C19H25NO2S/c1-11-2-7-16-14(8-11)18(19(22)20-10-12-3-4-12)17(23-16)9-15(21)13-5-6-13;1-11-3-2-4-14-17(19(22)20-10-12-5-6-12)16(23-18(11)14)9-15(21)13-7-8-13/h2*11-13H,2-10H2,1H3,(H,20,22). The Morgan fingerprint density at radius 1 is 0.652 bits per heavy atom. The number of fused-ring (bicyclic) bond motifs is 2. The van der Waals surface area contributed by atoms with Gasteiger partial charge in [0, 0.05) is 57.3 Å². The third kappa shape index (κ3) is 7.69. The Kier molecular flexibility index (Phi) is 9.57. The summed E-state index contributed by atoms with van der Waals surface area (Å²) in [5.74, 6) is 3.91. The van der Waals surface area contributed by atoms with Crippen molar-refractivity contribution in [3.63, 3.8) is 0 Å². The summed E-state index contributed by atoms with van der Waals surface area (Å²) in [6.45, 7) is 6.12. The first-order valence-electron chi connectivity index (χ1n) is 18.1. The van der Waals surface area contributed by atoms with Crippen molar-refractivity contribution < 1.29 is 19.2 Å². The van der Waals surface area contributed by atoms with Gasteiger partial charge in [0.05, 0.1) is 11.1 Å². The number of Topliss-reactive ketones (excluding diaryl/α,β-unsaturated/α-hetero) is 2. The molecule has 6 aliphatic rings. The molecule has 0 spiro atoms. The van der Waals surface area contributed by atoms with Gasteiger partial charge in [0.2, 0.25) is 0 Å². The van der Waals surface area contributed by atoms with E-state index in [2.05, 4.69) is 24.5 Å². The van der Waals surface area contributed by atoms with Gasteiger partial charge in [-0.15, -0.1) is 22.7 Å². The van der Waals surface area contributed by atoms with Gasteiger partial charge in [0.1, 0.15) is 11.6 Å². The number of rotatable bonds is 12. The second-order valence-electron chi connectivity index (χ2n) is 15.3. The van der Waals surface area contributed by atoms with Gasteiger partial charge in [-0.25, -0.2) is 0 Å². The highest BCUT2D eigenvalue weighted by Crippen LogP contribution is 2.43. The maximum atomic E-state index is 12.8. The fourth-order valence-corrected chi connectivity index (χ4v) is 10.0. The summed E-state index contributed by atoms with van der Waals surface area (Å²) < 4.78 is 0. The average Bonchev–Trinajstić information content (AvgIpc) is 3.85. The molecule has 0 radical (unpaired) electrons. The van der Waals surface area contributed by atoms with E-state index in [1.807, 2.05) is 0 Å². The number of nitrogens with one attached hydrogen (secondary N) is 2. The van der Waals surface area contributed by atoms with Crippen molar-refractivity contribution >= 4 is 46.1 Å². The molecule has 2 heterocycles. The molecule has 2 amide bonds. The van der Waals surface area contributed by atoms with E-state index in [1.165, 1.54) is 59.4 Å². The molecule has 6 nitrogen and oxygen atoms in total. The molecule has 2 unspecified atom stereocenters. The molecular formula is C38H50N2O4S2. The zero-order valence-electron chi connectivity index (χ0n) is 27.6. The van der Waals surface area contributed by atoms with Crippen LogP contribution in [0.25, 0.3) is 0 Å². The minimum absolute atomic E-state index is 0.0714. The molecule has 8 heteroatoms. The molecule has 2 N–H and O–H groups in total. The minimum Gasteiger partial charge on any atom is -0.352 e. The van der Waals surface area contributed by atoms with Crippen molar-refractivity contribution in [3.05, 3.63) is 41.8 Å². The van der Waals surface area contributed by atoms with Crippen LogP contribution in [-0.4, -0.2) is 36.5 Å². The maximum absolute atomic E-state index is 12.8. The minimum atomic E-state index is 0.0714. The molecule has 0 bridgehead atoms. The Morgan fingerprint density at radius 2 is 1.20 bits per heavy atom. The normalized spacial score (nSPS) is 23.4. The fourth-order valence-electron chi connectivity index (χ4n) is 7.20. The predicted molar refractivity (Wildman–Crippen MR) is 184 cm³/mol. The quantitative estimate of drug-likeness (QED) is 0.248. The van der Waals surface area contributed by atoms with Gasteiger partial charge in [-0.2, -0.15) is 0 Å². The number of hydrogen-bond acceptors (Lipinski definition) is 6. The Hall–Kier alpha value is -2.32. The molecule has 248 valence electrons. The topological polar surface area (TPSA) is 92.3 Å². The van der Waals surface area contributed by atoms with E-state index in [1.54, 1.807) is 22.7 Å². The predicted octanol–water partition coefficient (Wildman–Crippen LogP) is 7.38. The van der Waals surface area contributed by atoms with Crippen LogP contribution in [0.2, 0.25) is 0 Å². The number of carbonyl (C=O) groups excluding carboxylic acids is 4. The lowest BCUT2D eigenvalue weighted by Crippen LogP contribution is -2.28. The van der Waals surface area contributed by atoms with E-state index in [4.69, 9.17) is 0 Å². The van der Waals surface area contributed by atoms with Crippen molar-refractivity contribution in [1.29, 1.82) is 0 Å². The van der Waals surface area contributed by atoms with E-state index in [-0.39, 0.29) is 23.7 Å². The van der Waals surface area contributed by atoms with Crippen LogP contribution in [0.4, 0.5) is 0 Å². The van der Waals surface area contributed by atoms with E-state index < -0.39 is 0 Å². The maximum Gasteiger partial charge on any atom is 0.252 e. The number of amides is 2. The largest absolute Gasteiger partial charge is 0.352 e. The van der Waals surface area contributed by atoms with Crippen molar-refractivity contribution in [2.45, 2.75) is 122 Å². The van der Waals surface area contributed by atoms with Crippen LogP contribution in [0.15, 0.2) is 0 Å². The van der Waals surface area contributed by atoms with Gasteiger partial charge in [0.25, 0.3) is 11.8 Å². The Bertz CT molecular complexity index is 1500. The third-order valence-corrected chi connectivity index (χ3v) is 13.6. The lowest BCUT2D eigenvalue weighted by molar-refractivity contribution is -0.120.